The molecular formula is C27H31NO3. The normalized spacial score (nSPS) is 20.9. The van der Waals surface area contributed by atoms with Gasteiger partial charge in [-0.25, -0.2) is 4.79 Å². The van der Waals surface area contributed by atoms with E-state index < -0.39 is 0 Å². The molecule has 2 aromatic carbocycles. The molecule has 1 aliphatic rings. The Hall–Kier alpha value is -3.14. The summed E-state index contributed by atoms with van der Waals surface area (Å²) < 4.78 is 6.07. The van der Waals surface area contributed by atoms with E-state index in [-0.39, 0.29) is 12.1 Å². The van der Waals surface area contributed by atoms with Crippen LogP contribution < -0.4 is 0 Å². The Balaban J connectivity index is 2.03. The van der Waals surface area contributed by atoms with E-state index in [4.69, 9.17) is 9.57 Å². The Morgan fingerprint density at radius 1 is 1.06 bits per heavy atom. The van der Waals surface area contributed by atoms with E-state index in [2.05, 4.69) is 23.4 Å². The first-order chi connectivity index (χ1) is 15.1. The van der Waals surface area contributed by atoms with Crippen molar-refractivity contribution >= 4 is 11.7 Å². The average molecular weight is 418 g/mol. The topological polar surface area (TPSA) is 47.9 Å². The Bertz CT molecular complexity index is 973. The highest BCUT2D eigenvalue weighted by molar-refractivity contribution is 6.00. The molecule has 0 N–H and O–H groups in total. The van der Waals surface area contributed by atoms with E-state index in [0.717, 1.165) is 40.8 Å². The number of benzene rings is 2. The number of hydrogen-bond donors (Lipinski definition) is 0. The summed E-state index contributed by atoms with van der Waals surface area (Å²) in [6, 6.07) is 14.0. The molecule has 31 heavy (non-hydrogen) atoms. The van der Waals surface area contributed by atoms with Crippen LogP contribution in [-0.4, -0.2) is 18.3 Å². The monoisotopic (exact) mass is 417 g/mol. The van der Waals surface area contributed by atoms with Crippen LogP contribution in [0.5, 0.6) is 0 Å². The van der Waals surface area contributed by atoms with E-state index in [1.807, 2.05) is 69.3 Å². The zero-order chi connectivity index (χ0) is 22.1. The van der Waals surface area contributed by atoms with Crippen LogP contribution in [0.4, 0.5) is 0 Å². The minimum atomic E-state index is -0.325. The van der Waals surface area contributed by atoms with Gasteiger partial charge in [0.25, 0.3) is 0 Å². The fraction of sp³-hybridized carbons (Fsp3) is 0.333. The zero-order valence-electron chi connectivity index (χ0n) is 18.6. The molecule has 3 rings (SSSR count). The van der Waals surface area contributed by atoms with Crippen LogP contribution in [0.2, 0.25) is 0 Å². The minimum Gasteiger partial charge on any atom is -0.454 e. The molecule has 0 unspecified atom stereocenters. The van der Waals surface area contributed by atoms with E-state index in [1.54, 1.807) is 0 Å². The van der Waals surface area contributed by atoms with Gasteiger partial charge in [-0.2, -0.15) is 0 Å². The molecule has 0 fully saturated rings. The van der Waals surface area contributed by atoms with Crippen molar-refractivity contribution in [1.29, 1.82) is 0 Å². The van der Waals surface area contributed by atoms with Crippen LogP contribution in [0.25, 0.3) is 0 Å². The van der Waals surface area contributed by atoms with Crippen LogP contribution in [0.15, 0.2) is 71.9 Å². The summed E-state index contributed by atoms with van der Waals surface area (Å²) in [6.07, 6.45) is 11.0. The predicted octanol–water partition coefficient (Wildman–Crippen LogP) is 6.43. The van der Waals surface area contributed by atoms with E-state index in [9.17, 15) is 4.79 Å². The Labute approximate surface area is 185 Å². The van der Waals surface area contributed by atoms with Crippen molar-refractivity contribution < 1.29 is 14.4 Å². The predicted molar refractivity (Wildman–Crippen MR) is 125 cm³/mol. The lowest BCUT2D eigenvalue weighted by molar-refractivity contribution is 0.0301. The SMILES string of the molecule is CCO/N=C1\C=C\CC/C=C/C[C@H](c2ccccc2)OC(=O)c2c(C)cc(C)cc2C1. The second-order valence-electron chi connectivity index (χ2n) is 7.78. The minimum absolute atomic E-state index is 0.299. The molecule has 0 saturated carbocycles. The number of aryl methyl sites for hydroxylation is 2. The van der Waals surface area contributed by atoms with Gasteiger partial charge in [-0.15, -0.1) is 0 Å². The first-order valence-electron chi connectivity index (χ1n) is 10.9. The largest absolute Gasteiger partial charge is 0.454 e. The quantitative estimate of drug-likeness (QED) is 0.328. The average Bonchev–Trinajstić information content (AvgIpc) is 2.75. The molecule has 1 atom stereocenters. The summed E-state index contributed by atoms with van der Waals surface area (Å²) in [5, 5.41) is 4.28. The molecule has 1 aliphatic heterocycles. The molecule has 0 amide bonds. The number of ether oxygens (including phenoxy) is 1. The van der Waals surface area contributed by atoms with Gasteiger partial charge >= 0.3 is 5.97 Å². The summed E-state index contributed by atoms with van der Waals surface area (Å²) in [7, 11) is 0. The number of nitrogens with zero attached hydrogens (tertiary/aromatic N) is 1. The molecule has 0 aliphatic carbocycles. The van der Waals surface area contributed by atoms with Crippen LogP contribution in [0.3, 0.4) is 0 Å². The number of oxime groups is 1. The van der Waals surface area contributed by atoms with Crippen molar-refractivity contribution in [2.75, 3.05) is 6.61 Å². The van der Waals surface area contributed by atoms with Crippen molar-refractivity contribution in [3.8, 4) is 0 Å². The Morgan fingerprint density at radius 2 is 1.84 bits per heavy atom. The third-order valence-corrected chi connectivity index (χ3v) is 5.20. The Morgan fingerprint density at radius 3 is 2.61 bits per heavy atom. The maximum atomic E-state index is 13.4. The van der Waals surface area contributed by atoms with Gasteiger partial charge < -0.3 is 9.57 Å². The number of fused-ring (bicyclic) bond motifs is 1. The van der Waals surface area contributed by atoms with Crippen LogP contribution in [0, 0.1) is 13.8 Å². The van der Waals surface area contributed by atoms with Crippen molar-refractivity contribution in [3.63, 3.8) is 0 Å². The van der Waals surface area contributed by atoms with Gasteiger partial charge in [-0.3, -0.25) is 0 Å². The smallest absolute Gasteiger partial charge is 0.339 e. The highest BCUT2D eigenvalue weighted by Gasteiger charge is 2.22. The molecule has 2 aromatic rings. The second kappa shape index (κ2) is 11.3. The number of carbonyl (C=O) groups excluding carboxylic acids is 1. The third kappa shape index (κ3) is 6.42. The molecule has 0 bridgehead atoms. The lowest BCUT2D eigenvalue weighted by atomic mass is 9.94. The first-order valence-corrected chi connectivity index (χ1v) is 10.9. The van der Waals surface area contributed by atoms with Crippen LogP contribution >= 0.6 is 0 Å². The van der Waals surface area contributed by atoms with Gasteiger partial charge in [0.2, 0.25) is 0 Å². The summed E-state index contributed by atoms with van der Waals surface area (Å²) in [4.78, 5) is 18.7. The van der Waals surface area contributed by atoms with E-state index in [0.29, 0.717) is 25.0 Å². The molecule has 0 saturated heterocycles. The summed E-state index contributed by atoms with van der Waals surface area (Å²) in [5.41, 5.74) is 5.33. The number of esters is 1. The number of cyclic esters (lactones) is 1. The number of hydrogen-bond acceptors (Lipinski definition) is 4. The maximum absolute atomic E-state index is 13.4. The summed E-state index contributed by atoms with van der Waals surface area (Å²) in [5.74, 6) is -0.299. The third-order valence-electron chi connectivity index (χ3n) is 5.20. The molecule has 4 nitrogen and oxygen atoms in total. The molecular weight excluding hydrogens is 386 g/mol. The molecule has 0 aromatic heterocycles. The second-order valence-corrected chi connectivity index (χ2v) is 7.78. The molecule has 0 spiro atoms. The van der Waals surface area contributed by atoms with E-state index in [1.165, 1.54) is 0 Å². The van der Waals surface area contributed by atoms with Crippen molar-refractivity contribution in [2.45, 2.75) is 52.6 Å². The highest BCUT2D eigenvalue weighted by atomic mass is 16.6. The highest BCUT2D eigenvalue weighted by Crippen LogP contribution is 2.27. The fourth-order valence-corrected chi connectivity index (χ4v) is 3.81. The van der Waals surface area contributed by atoms with Crippen LogP contribution in [0.1, 0.15) is 64.9 Å². The molecule has 4 heteroatoms. The van der Waals surface area contributed by atoms with Crippen molar-refractivity contribution in [1.82, 2.24) is 0 Å². The van der Waals surface area contributed by atoms with Gasteiger partial charge in [0.05, 0.1) is 11.3 Å². The Kier molecular flexibility index (Phi) is 8.22. The fourth-order valence-electron chi connectivity index (χ4n) is 3.81. The van der Waals surface area contributed by atoms with Crippen molar-refractivity contribution in [2.24, 2.45) is 5.16 Å². The van der Waals surface area contributed by atoms with Gasteiger partial charge in [-0.05, 0) is 56.4 Å². The standard InChI is InChI=1S/C27H31NO3/c1-4-30-28-24-15-11-6-5-7-12-16-25(22-13-9-8-10-14-22)31-27(29)26-21(3)17-20(2)18-23(26)19-24/h7-15,17-18,25H,4-6,16,19H2,1-3H3/b12-7+,15-11+,28-24+/t25-/m1/s1. The van der Waals surface area contributed by atoms with Crippen molar-refractivity contribution in [3.05, 3.63) is 94.6 Å². The number of carbonyl (C=O) groups is 1. The number of rotatable bonds is 3. The van der Waals surface area contributed by atoms with Gasteiger partial charge in [-0.1, -0.05) is 71.4 Å². The summed E-state index contributed by atoms with van der Waals surface area (Å²) >= 11 is 0. The van der Waals surface area contributed by atoms with E-state index >= 15 is 0 Å². The zero-order valence-corrected chi connectivity index (χ0v) is 18.6. The lowest BCUT2D eigenvalue weighted by Gasteiger charge is -2.20. The lowest BCUT2D eigenvalue weighted by Crippen LogP contribution is -2.16. The number of allylic oxidation sites excluding steroid dienone is 3. The van der Waals surface area contributed by atoms with Gasteiger partial charge in [0.1, 0.15) is 12.7 Å². The molecule has 1 heterocycles. The molecule has 0 radical (unpaired) electrons. The van der Waals surface area contributed by atoms with Gasteiger partial charge in [0, 0.05) is 12.8 Å². The molecule has 162 valence electrons. The van der Waals surface area contributed by atoms with Gasteiger partial charge in [0.15, 0.2) is 0 Å². The summed E-state index contributed by atoms with van der Waals surface area (Å²) in [6.45, 7) is 6.41. The maximum Gasteiger partial charge on any atom is 0.339 e. The first kappa shape index (κ1) is 22.5. The van der Waals surface area contributed by atoms with Crippen LogP contribution in [-0.2, 0) is 16.0 Å².